The van der Waals surface area contributed by atoms with Crippen molar-refractivity contribution in [2.24, 2.45) is 0 Å². The molecule has 1 aliphatic carbocycles. The second-order valence-corrected chi connectivity index (χ2v) is 9.32. The number of nitrogens with zero attached hydrogens (tertiary/aromatic N) is 3. The smallest absolute Gasteiger partial charge is 0.254 e. The molecule has 1 atom stereocenters. The van der Waals surface area contributed by atoms with Gasteiger partial charge in [-0.15, -0.1) is 0 Å². The van der Waals surface area contributed by atoms with Crippen molar-refractivity contribution in [3.05, 3.63) is 52.8 Å². The molecule has 0 unspecified atom stereocenters. The number of aromatic nitrogens is 2. The number of sulfone groups is 1. The lowest BCUT2D eigenvalue weighted by atomic mass is 10.0. The highest BCUT2D eigenvalue weighted by Crippen LogP contribution is 2.30. The summed E-state index contributed by atoms with van der Waals surface area (Å²) in [7, 11) is -3.17. The minimum absolute atomic E-state index is 0.0160. The summed E-state index contributed by atoms with van der Waals surface area (Å²) < 4.78 is 26.2. The molecule has 2 aliphatic rings. The fourth-order valence-corrected chi connectivity index (χ4v) is 5.42. The number of amides is 1. The first-order chi connectivity index (χ1) is 12.5. The topological polar surface area (TPSA) is 72.3 Å². The van der Waals surface area contributed by atoms with Crippen LogP contribution in [0.2, 0.25) is 0 Å². The number of carbonyl (C=O) groups excluding carboxylic acids is 1. The minimum atomic E-state index is -3.17. The third-order valence-corrected chi connectivity index (χ3v) is 7.03. The van der Waals surface area contributed by atoms with Crippen LogP contribution in [-0.4, -0.2) is 47.1 Å². The van der Waals surface area contributed by atoms with Crippen molar-refractivity contribution in [3.63, 3.8) is 0 Å². The molecule has 0 radical (unpaired) electrons. The van der Waals surface area contributed by atoms with Crippen molar-refractivity contribution in [2.45, 2.75) is 38.8 Å². The molecule has 1 fully saturated rings. The van der Waals surface area contributed by atoms with E-state index in [0.29, 0.717) is 12.1 Å². The van der Waals surface area contributed by atoms with Gasteiger partial charge in [-0.3, -0.25) is 9.48 Å². The van der Waals surface area contributed by atoms with E-state index in [9.17, 15) is 13.2 Å². The average molecular weight is 373 g/mol. The first kappa shape index (κ1) is 17.3. The largest absolute Gasteiger partial charge is 0.329 e. The molecule has 6 nitrogen and oxygen atoms in total. The van der Waals surface area contributed by atoms with E-state index in [1.54, 1.807) is 15.8 Å². The van der Waals surface area contributed by atoms with Crippen LogP contribution in [-0.2, 0) is 29.2 Å². The number of rotatable bonds is 3. The minimum Gasteiger partial charge on any atom is -0.329 e. The molecule has 1 saturated heterocycles. The molecule has 4 rings (SSSR count). The second-order valence-electron chi connectivity index (χ2n) is 7.10. The van der Waals surface area contributed by atoms with E-state index >= 15 is 0 Å². The quantitative estimate of drug-likeness (QED) is 0.825. The number of aryl methyl sites for hydroxylation is 3. The van der Waals surface area contributed by atoms with E-state index in [4.69, 9.17) is 0 Å². The van der Waals surface area contributed by atoms with Gasteiger partial charge in [0.25, 0.3) is 5.91 Å². The van der Waals surface area contributed by atoms with Gasteiger partial charge >= 0.3 is 0 Å². The van der Waals surface area contributed by atoms with Crippen molar-refractivity contribution in [2.75, 3.05) is 18.1 Å². The lowest BCUT2D eigenvalue weighted by Gasteiger charge is -2.35. The Balaban J connectivity index is 1.67. The number of benzene rings is 1. The lowest BCUT2D eigenvalue weighted by molar-refractivity contribution is 0.0697. The van der Waals surface area contributed by atoms with Gasteiger partial charge in [0.05, 0.1) is 23.7 Å². The Kier molecular flexibility index (Phi) is 4.34. The lowest BCUT2D eigenvalue weighted by Crippen LogP contribution is -2.46. The summed E-state index contributed by atoms with van der Waals surface area (Å²) in [6, 6.07) is 5.43. The second kappa shape index (κ2) is 6.54. The van der Waals surface area contributed by atoms with Gasteiger partial charge in [0, 0.05) is 30.4 Å². The Morgan fingerprint density at radius 1 is 1.27 bits per heavy atom. The van der Waals surface area contributed by atoms with Crippen LogP contribution in [0.4, 0.5) is 0 Å². The monoisotopic (exact) mass is 373 g/mol. The van der Waals surface area contributed by atoms with E-state index in [2.05, 4.69) is 5.10 Å². The predicted molar refractivity (Wildman–Crippen MR) is 98.8 cm³/mol. The summed E-state index contributed by atoms with van der Waals surface area (Å²) in [6.45, 7) is 2.90. The molecule has 0 spiro atoms. The molecule has 2 heterocycles. The fourth-order valence-electron chi connectivity index (χ4n) is 3.92. The average Bonchev–Trinajstić information content (AvgIpc) is 3.28. The van der Waals surface area contributed by atoms with Crippen molar-refractivity contribution >= 4 is 15.7 Å². The zero-order valence-electron chi connectivity index (χ0n) is 14.9. The Morgan fingerprint density at radius 3 is 2.85 bits per heavy atom. The molecular formula is C19H23N3O3S. The van der Waals surface area contributed by atoms with Gasteiger partial charge in [0.15, 0.2) is 9.84 Å². The van der Waals surface area contributed by atoms with Gasteiger partial charge in [0.1, 0.15) is 0 Å². The highest BCUT2D eigenvalue weighted by atomic mass is 32.2. The van der Waals surface area contributed by atoms with Crippen LogP contribution in [0, 0.1) is 0 Å². The highest BCUT2D eigenvalue weighted by molar-refractivity contribution is 7.91. The van der Waals surface area contributed by atoms with Gasteiger partial charge in [-0.1, -0.05) is 6.07 Å². The Labute approximate surface area is 153 Å². The van der Waals surface area contributed by atoms with Crippen molar-refractivity contribution in [3.8, 4) is 0 Å². The standard InChI is InChI=1S/C19H23N3O3S/c1-2-21-12-17(11-20-21)18-13-26(24,25)9-8-22(18)19(23)16-7-6-14-4-3-5-15(14)10-16/h6-7,10-12,18H,2-5,8-9,13H2,1H3/t18-/m1/s1. The van der Waals surface area contributed by atoms with Crippen molar-refractivity contribution in [1.82, 2.24) is 14.7 Å². The summed E-state index contributed by atoms with van der Waals surface area (Å²) in [4.78, 5) is 14.9. The summed E-state index contributed by atoms with van der Waals surface area (Å²) in [5, 5.41) is 4.26. The van der Waals surface area contributed by atoms with Gasteiger partial charge in [0.2, 0.25) is 0 Å². The van der Waals surface area contributed by atoms with Crippen molar-refractivity contribution in [1.29, 1.82) is 0 Å². The summed E-state index contributed by atoms with van der Waals surface area (Å²) in [5.74, 6) is -0.120. The first-order valence-electron chi connectivity index (χ1n) is 9.12. The maximum atomic E-state index is 13.2. The van der Waals surface area contributed by atoms with Gasteiger partial charge in [-0.05, 0) is 49.4 Å². The zero-order chi connectivity index (χ0) is 18.3. The van der Waals surface area contributed by atoms with Crippen LogP contribution in [0.3, 0.4) is 0 Å². The molecule has 1 amide bonds. The van der Waals surface area contributed by atoms with Gasteiger partial charge < -0.3 is 4.90 Å². The fraction of sp³-hybridized carbons (Fsp3) is 0.474. The van der Waals surface area contributed by atoms with E-state index in [0.717, 1.165) is 24.8 Å². The molecular weight excluding hydrogens is 350 g/mol. The zero-order valence-corrected chi connectivity index (χ0v) is 15.7. The molecule has 26 heavy (non-hydrogen) atoms. The number of carbonyl (C=O) groups is 1. The Hall–Kier alpha value is -2.15. The molecule has 1 aliphatic heterocycles. The van der Waals surface area contributed by atoms with E-state index in [-0.39, 0.29) is 24.0 Å². The van der Waals surface area contributed by atoms with E-state index in [1.807, 2.05) is 31.3 Å². The molecule has 138 valence electrons. The number of hydrogen-bond acceptors (Lipinski definition) is 4. The number of hydrogen-bond donors (Lipinski definition) is 0. The maximum Gasteiger partial charge on any atom is 0.254 e. The maximum absolute atomic E-state index is 13.2. The SMILES string of the molecule is CCn1cc([C@H]2CS(=O)(=O)CCN2C(=O)c2ccc3c(c2)CCC3)cn1. The molecule has 1 aromatic heterocycles. The summed E-state index contributed by atoms with van der Waals surface area (Å²) >= 11 is 0. The molecule has 0 bridgehead atoms. The van der Waals surface area contributed by atoms with Gasteiger partial charge in [-0.25, -0.2) is 8.42 Å². The molecule has 7 heteroatoms. The van der Waals surface area contributed by atoms with Crippen LogP contribution in [0.5, 0.6) is 0 Å². The van der Waals surface area contributed by atoms with E-state index < -0.39 is 15.9 Å². The van der Waals surface area contributed by atoms with Crippen molar-refractivity contribution < 1.29 is 13.2 Å². The van der Waals surface area contributed by atoms with Crippen LogP contribution in [0.25, 0.3) is 0 Å². The van der Waals surface area contributed by atoms with Crippen LogP contribution < -0.4 is 0 Å². The van der Waals surface area contributed by atoms with Gasteiger partial charge in [-0.2, -0.15) is 5.10 Å². The summed E-state index contributed by atoms with van der Waals surface area (Å²) in [6.07, 6.45) is 6.74. The normalized spacial score (nSPS) is 21.6. The molecule has 0 N–H and O–H groups in total. The molecule has 0 saturated carbocycles. The third kappa shape index (κ3) is 3.16. The van der Waals surface area contributed by atoms with Crippen LogP contribution in [0.15, 0.2) is 30.6 Å². The highest BCUT2D eigenvalue weighted by Gasteiger charge is 2.36. The summed E-state index contributed by atoms with van der Waals surface area (Å²) in [5.41, 5.74) is 4.00. The van der Waals surface area contributed by atoms with Crippen LogP contribution in [0.1, 0.15) is 46.4 Å². The molecule has 1 aromatic carbocycles. The number of fused-ring (bicyclic) bond motifs is 1. The third-order valence-electron chi connectivity index (χ3n) is 5.40. The van der Waals surface area contributed by atoms with E-state index in [1.165, 1.54) is 11.1 Å². The Morgan fingerprint density at radius 2 is 2.08 bits per heavy atom. The molecule has 2 aromatic rings. The first-order valence-corrected chi connectivity index (χ1v) is 10.9. The van der Waals surface area contributed by atoms with Crippen LogP contribution >= 0.6 is 0 Å². The predicted octanol–water partition coefficient (Wildman–Crippen LogP) is 2.00. The Bertz CT molecular complexity index is 949.